The predicted octanol–water partition coefficient (Wildman–Crippen LogP) is 2.86. The lowest BCUT2D eigenvalue weighted by Gasteiger charge is -2.27. The summed E-state index contributed by atoms with van der Waals surface area (Å²) in [6.45, 7) is 2.14. The van der Waals surface area contributed by atoms with Gasteiger partial charge in [0, 0.05) is 6.04 Å². The molecule has 1 saturated carbocycles. The molecule has 3 nitrogen and oxygen atoms in total. The Balaban J connectivity index is 1.97. The molecule has 0 bridgehead atoms. The van der Waals surface area contributed by atoms with E-state index < -0.39 is 0 Å². The molecular formula is C15H17NO2. The summed E-state index contributed by atoms with van der Waals surface area (Å²) < 4.78 is 0. The molecule has 0 radical (unpaired) electrons. The summed E-state index contributed by atoms with van der Waals surface area (Å²) in [6, 6.07) is 7.26. The van der Waals surface area contributed by atoms with Gasteiger partial charge in [-0.3, -0.25) is 14.5 Å². The van der Waals surface area contributed by atoms with Crippen molar-refractivity contribution in [3.8, 4) is 0 Å². The number of fused-ring (bicyclic) bond motifs is 1. The van der Waals surface area contributed by atoms with E-state index in [-0.39, 0.29) is 17.9 Å². The molecule has 1 aromatic rings. The third-order valence-corrected chi connectivity index (χ3v) is 4.30. The second kappa shape index (κ2) is 4.23. The molecule has 0 spiro atoms. The van der Waals surface area contributed by atoms with E-state index in [0.29, 0.717) is 17.0 Å². The first-order chi connectivity index (χ1) is 8.74. The highest BCUT2D eigenvalue weighted by Crippen LogP contribution is 2.36. The fourth-order valence-corrected chi connectivity index (χ4v) is 3.34. The zero-order valence-electron chi connectivity index (χ0n) is 10.6. The molecule has 1 aromatic carbocycles. The average molecular weight is 243 g/mol. The molecule has 1 heterocycles. The fraction of sp³-hybridized carbons (Fsp3) is 0.467. The Labute approximate surface area is 107 Å². The highest BCUT2D eigenvalue weighted by atomic mass is 16.2. The lowest BCUT2D eigenvalue weighted by Crippen LogP contribution is -2.41. The van der Waals surface area contributed by atoms with E-state index in [1.54, 1.807) is 12.1 Å². The van der Waals surface area contributed by atoms with E-state index in [2.05, 4.69) is 6.92 Å². The zero-order valence-corrected chi connectivity index (χ0v) is 10.6. The number of carbonyl (C=O) groups is 2. The summed E-state index contributed by atoms with van der Waals surface area (Å²) in [6.07, 6.45) is 4.26. The van der Waals surface area contributed by atoms with Crippen molar-refractivity contribution >= 4 is 11.8 Å². The Hall–Kier alpha value is -1.64. The number of imide groups is 1. The van der Waals surface area contributed by atoms with Crippen LogP contribution in [-0.2, 0) is 0 Å². The van der Waals surface area contributed by atoms with Crippen LogP contribution in [0.3, 0.4) is 0 Å². The van der Waals surface area contributed by atoms with Gasteiger partial charge in [-0.05, 0) is 30.9 Å². The monoisotopic (exact) mass is 243 g/mol. The molecule has 3 rings (SSSR count). The largest absolute Gasteiger partial charge is 0.271 e. The van der Waals surface area contributed by atoms with E-state index in [4.69, 9.17) is 0 Å². The molecule has 2 atom stereocenters. The van der Waals surface area contributed by atoms with Gasteiger partial charge in [0.05, 0.1) is 11.1 Å². The van der Waals surface area contributed by atoms with Crippen LogP contribution in [0.1, 0.15) is 53.3 Å². The molecule has 2 unspecified atom stereocenters. The Bertz CT molecular complexity index is 474. The molecule has 1 fully saturated rings. The second-order valence-electron chi connectivity index (χ2n) is 5.19. The van der Waals surface area contributed by atoms with E-state index in [1.807, 2.05) is 12.1 Å². The number of carbonyl (C=O) groups excluding carboxylic acids is 2. The summed E-state index contributed by atoms with van der Waals surface area (Å²) in [5.74, 6) is 0.286. The molecule has 2 amide bonds. The van der Waals surface area contributed by atoms with E-state index in [1.165, 1.54) is 4.90 Å². The second-order valence-corrected chi connectivity index (χ2v) is 5.19. The van der Waals surface area contributed by atoms with Crippen molar-refractivity contribution in [2.24, 2.45) is 5.92 Å². The molecule has 0 saturated heterocycles. The first-order valence-electron chi connectivity index (χ1n) is 6.71. The number of hydrogen-bond donors (Lipinski definition) is 0. The average Bonchev–Trinajstić information content (AvgIpc) is 2.95. The summed E-state index contributed by atoms with van der Waals surface area (Å²) in [7, 11) is 0. The van der Waals surface area contributed by atoms with Crippen LogP contribution in [0.25, 0.3) is 0 Å². The van der Waals surface area contributed by atoms with Crippen molar-refractivity contribution in [3.05, 3.63) is 35.4 Å². The quantitative estimate of drug-likeness (QED) is 0.749. The minimum absolute atomic E-state index is 0.0963. The molecule has 2 aliphatic rings. The highest BCUT2D eigenvalue weighted by Gasteiger charge is 2.43. The molecule has 1 aliphatic carbocycles. The maximum absolute atomic E-state index is 12.4. The van der Waals surface area contributed by atoms with Crippen LogP contribution in [-0.4, -0.2) is 22.8 Å². The topological polar surface area (TPSA) is 37.4 Å². The standard InChI is InChI=1S/C15H17NO2/c1-2-10-6-5-9-13(10)16-14(17)11-7-3-4-8-12(11)15(16)18/h3-4,7-8,10,13H,2,5-6,9H2,1H3. The summed E-state index contributed by atoms with van der Waals surface area (Å²) in [5.41, 5.74) is 1.15. The fourth-order valence-electron chi connectivity index (χ4n) is 3.34. The number of hydrogen-bond acceptors (Lipinski definition) is 2. The van der Waals surface area contributed by atoms with Gasteiger partial charge >= 0.3 is 0 Å². The van der Waals surface area contributed by atoms with Crippen LogP contribution in [0, 0.1) is 5.92 Å². The van der Waals surface area contributed by atoms with Gasteiger partial charge in [0.25, 0.3) is 11.8 Å². The van der Waals surface area contributed by atoms with Crippen molar-refractivity contribution < 1.29 is 9.59 Å². The highest BCUT2D eigenvalue weighted by molar-refractivity contribution is 6.21. The van der Waals surface area contributed by atoms with Crippen molar-refractivity contribution in [1.29, 1.82) is 0 Å². The Morgan fingerprint density at radius 1 is 1.11 bits per heavy atom. The molecule has 1 aliphatic heterocycles. The van der Waals surface area contributed by atoms with Gasteiger partial charge in [-0.25, -0.2) is 0 Å². The van der Waals surface area contributed by atoms with Gasteiger partial charge in [-0.1, -0.05) is 31.9 Å². The maximum atomic E-state index is 12.4. The Morgan fingerprint density at radius 3 is 2.28 bits per heavy atom. The number of amides is 2. The summed E-state index contributed by atoms with van der Waals surface area (Å²) >= 11 is 0. The lowest BCUT2D eigenvalue weighted by molar-refractivity contribution is 0.0547. The van der Waals surface area contributed by atoms with Crippen LogP contribution >= 0.6 is 0 Å². The van der Waals surface area contributed by atoms with Crippen LogP contribution < -0.4 is 0 Å². The zero-order chi connectivity index (χ0) is 12.7. The van der Waals surface area contributed by atoms with E-state index in [0.717, 1.165) is 25.7 Å². The molecule has 0 aromatic heterocycles. The number of rotatable bonds is 2. The van der Waals surface area contributed by atoms with Gasteiger partial charge in [0.1, 0.15) is 0 Å². The Kier molecular flexibility index (Phi) is 2.69. The van der Waals surface area contributed by atoms with Crippen molar-refractivity contribution in [2.75, 3.05) is 0 Å². The Morgan fingerprint density at radius 2 is 1.72 bits per heavy atom. The van der Waals surface area contributed by atoms with Crippen LogP contribution in [0.2, 0.25) is 0 Å². The van der Waals surface area contributed by atoms with Crippen molar-refractivity contribution in [2.45, 2.75) is 38.6 Å². The van der Waals surface area contributed by atoms with Gasteiger partial charge in [0.15, 0.2) is 0 Å². The van der Waals surface area contributed by atoms with Crippen LogP contribution in [0.5, 0.6) is 0 Å². The van der Waals surface area contributed by atoms with E-state index in [9.17, 15) is 9.59 Å². The summed E-state index contributed by atoms with van der Waals surface area (Å²) in [4.78, 5) is 26.2. The smallest absolute Gasteiger partial charge is 0.261 e. The molecule has 18 heavy (non-hydrogen) atoms. The first-order valence-corrected chi connectivity index (χ1v) is 6.71. The van der Waals surface area contributed by atoms with Crippen molar-refractivity contribution in [3.63, 3.8) is 0 Å². The maximum Gasteiger partial charge on any atom is 0.261 e. The third kappa shape index (κ3) is 1.50. The minimum atomic E-state index is -0.0963. The normalized spacial score (nSPS) is 26.8. The lowest BCUT2D eigenvalue weighted by atomic mass is 9.99. The van der Waals surface area contributed by atoms with Crippen molar-refractivity contribution in [1.82, 2.24) is 4.90 Å². The molecule has 94 valence electrons. The van der Waals surface area contributed by atoms with E-state index >= 15 is 0 Å². The molecule has 0 N–H and O–H groups in total. The van der Waals surface area contributed by atoms with Crippen LogP contribution in [0.15, 0.2) is 24.3 Å². The third-order valence-electron chi connectivity index (χ3n) is 4.30. The minimum Gasteiger partial charge on any atom is -0.271 e. The molecular weight excluding hydrogens is 226 g/mol. The van der Waals surface area contributed by atoms with Gasteiger partial charge < -0.3 is 0 Å². The van der Waals surface area contributed by atoms with Crippen LogP contribution in [0.4, 0.5) is 0 Å². The van der Waals surface area contributed by atoms with Gasteiger partial charge in [0.2, 0.25) is 0 Å². The number of nitrogens with zero attached hydrogens (tertiary/aromatic N) is 1. The predicted molar refractivity (Wildman–Crippen MR) is 68.4 cm³/mol. The summed E-state index contributed by atoms with van der Waals surface area (Å²) in [5, 5.41) is 0. The number of benzene rings is 1. The molecule has 3 heteroatoms. The first kappa shape index (κ1) is 11.5. The SMILES string of the molecule is CCC1CCCC1N1C(=O)c2ccccc2C1=O. The van der Waals surface area contributed by atoms with Gasteiger partial charge in [-0.15, -0.1) is 0 Å². The van der Waals surface area contributed by atoms with Gasteiger partial charge in [-0.2, -0.15) is 0 Å².